The van der Waals surface area contributed by atoms with Crippen molar-refractivity contribution in [2.45, 2.75) is 31.5 Å². The largest absolute Gasteiger partial charge is 0.388 e. The maximum absolute atomic E-state index is 10.3. The summed E-state index contributed by atoms with van der Waals surface area (Å²) in [7, 11) is 1.78. The van der Waals surface area contributed by atoms with Gasteiger partial charge in [-0.05, 0) is 37.0 Å². The monoisotopic (exact) mass is 361 g/mol. The molecule has 0 radical (unpaired) electrons. The van der Waals surface area contributed by atoms with Crippen LogP contribution in [0.4, 0.5) is 0 Å². The summed E-state index contributed by atoms with van der Waals surface area (Å²) in [6.45, 7) is 2.97. The summed E-state index contributed by atoms with van der Waals surface area (Å²) in [6, 6.07) is 5.62. The van der Waals surface area contributed by atoms with Gasteiger partial charge in [0.05, 0.1) is 12.2 Å². The number of nitrogens with zero attached hydrogens (tertiary/aromatic N) is 1. The predicted octanol–water partition coefficient (Wildman–Crippen LogP) is 3.64. The van der Waals surface area contributed by atoms with Crippen LogP contribution in [0.5, 0.6) is 0 Å². The second-order valence-corrected chi connectivity index (χ2v) is 6.57. The molecule has 1 aromatic carbocycles. The number of methoxy groups -OCH3 is 1. The van der Waals surface area contributed by atoms with E-state index in [1.165, 1.54) is 0 Å². The number of rotatable bonds is 5. The quantitative estimate of drug-likeness (QED) is 0.868. The van der Waals surface area contributed by atoms with E-state index in [-0.39, 0.29) is 0 Å². The van der Waals surface area contributed by atoms with E-state index < -0.39 is 6.10 Å². The van der Waals surface area contributed by atoms with Crippen molar-refractivity contribution in [2.24, 2.45) is 0 Å². The fraction of sp³-hybridized carbons (Fsp3) is 0.600. The first-order valence-electron chi connectivity index (χ1n) is 6.98. The van der Waals surface area contributed by atoms with Crippen molar-refractivity contribution in [1.29, 1.82) is 0 Å². The second-order valence-electron chi connectivity index (χ2n) is 5.25. The zero-order chi connectivity index (χ0) is 14.5. The van der Waals surface area contributed by atoms with Gasteiger partial charge in [0.2, 0.25) is 0 Å². The summed E-state index contributed by atoms with van der Waals surface area (Å²) in [5.74, 6) is 0. The van der Waals surface area contributed by atoms with E-state index in [0.717, 1.165) is 42.5 Å². The zero-order valence-corrected chi connectivity index (χ0v) is 14.0. The summed E-state index contributed by atoms with van der Waals surface area (Å²) in [6.07, 6.45) is 2.75. The average Bonchev–Trinajstić information content (AvgIpc) is 2.45. The van der Waals surface area contributed by atoms with Gasteiger partial charge < -0.3 is 14.7 Å². The van der Waals surface area contributed by atoms with Crippen molar-refractivity contribution >= 4 is 27.5 Å². The van der Waals surface area contributed by atoms with E-state index in [1.807, 2.05) is 18.2 Å². The van der Waals surface area contributed by atoms with Crippen LogP contribution in [0.2, 0.25) is 5.02 Å². The highest BCUT2D eigenvalue weighted by atomic mass is 79.9. The summed E-state index contributed by atoms with van der Waals surface area (Å²) in [4.78, 5) is 2.38. The van der Waals surface area contributed by atoms with Crippen LogP contribution in [0.15, 0.2) is 22.7 Å². The molecule has 2 rings (SSSR count). The standard InChI is InChI=1S/C15H21BrClNO2/c1-20-12-4-7-18(8-5-12)9-6-15(19)13-3-2-11(16)10-14(13)17/h2-3,10,12,15,19H,4-9H2,1H3. The lowest BCUT2D eigenvalue weighted by molar-refractivity contribution is 0.0361. The third-order valence-corrected chi connectivity index (χ3v) is 4.73. The van der Waals surface area contributed by atoms with Gasteiger partial charge in [-0.15, -0.1) is 0 Å². The minimum absolute atomic E-state index is 0.400. The number of hydrogen-bond acceptors (Lipinski definition) is 3. The summed E-state index contributed by atoms with van der Waals surface area (Å²) in [5.41, 5.74) is 0.807. The Hall–Kier alpha value is -0.130. The first-order valence-corrected chi connectivity index (χ1v) is 8.15. The number of aliphatic hydroxyl groups is 1. The van der Waals surface area contributed by atoms with Gasteiger partial charge in [-0.1, -0.05) is 33.6 Å². The SMILES string of the molecule is COC1CCN(CCC(O)c2ccc(Br)cc2Cl)CC1. The van der Waals surface area contributed by atoms with Crippen molar-refractivity contribution in [3.8, 4) is 0 Å². The number of benzene rings is 1. The maximum atomic E-state index is 10.3. The number of likely N-dealkylation sites (tertiary alicyclic amines) is 1. The van der Waals surface area contributed by atoms with Crippen LogP contribution in [0, 0.1) is 0 Å². The van der Waals surface area contributed by atoms with E-state index in [0.29, 0.717) is 17.5 Å². The van der Waals surface area contributed by atoms with Crippen LogP contribution in [0.25, 0.3) is 0 Å². The Morgan fingerprint density at radius 1 is 1.45 bits per heavy atom. The molecule has 1 atom stereocenters. The molecule has 20 heavy (non-hydrogen) atoms. The van der Waals surface area contributed by atoms with Crippen LogP contribution in [-0.2, 0) is 4.74 Å². The molecule has 0 bridgehead atoms. The van der Waals surface area contributed by atoms with E-state index in [9.17, 15) is 5.11 Å². The molecule has 1 aliphatic rings. The smallest absolute Gasteiger partial charge is 0.0816 e. The molecule has 1 aliphatic heterocycles. The lowest BCUT2D eigenvalue weighted by atomic mass is 10.0. The minimum Gasteiger partial charge on any atom is -0.388 e. The van der Waals surface area contributed by atoms with E-state index in [2.05, 4.69) is 20.8 Å². The van der Waals surface area contributed by atoms with E-state index in [4.69, 9.17) is 16.3 Å². The number of aliphatic hydroxyl groups excluding tert-OH is 1. The zero-order valence-electron chi connectivity index (χ0n) is 11.7. The van der Waals surface area contributed by atoms with Gasteiger partial charge in [0.25, 0.3) is 0 Å². The minimum atomic E-state index is -0.504. The molecule has 1 saturated heterocycles. The first kappa shape index (κ1) is 16.2. The number of hydrogen-bond donors (Lipinski definition) is 1. The molecule has 0 saturated carbocycles. The van der Waals surface area contributed by atoms with Crippen LogP contribution >= 0.6 is 27.5 Å². The van der Waals surface area contributed by atoms with Crippen LogP contribution in [-0.4, -0.2) is 42.9 Å². The maximum Gasteiger partial charge on any atom is 0.0816 e. The molecule has 1 heterocycles. The molecule has 3 nitrogen and oxygen atoms in total. The molecule has 5 heteroatoms. The van der Waals surface area contributed by atoms with Crippen molar-refractivity contribution in [3.63, 3.8) is 0 Å². The summed E-state index contributed by atoms with van der Waals surface area (Å²) < 4.78 is 6.29. The Kier molecular flexibility index (Phi) is 6.30. The fourth-order valence-electron chi connectivity index (χ4n) is 2.60. The van der Waals surface area contributed by atoms with Gasteiger partial charge in [0.1, 0.15) is 0 Å². The lowest BCUT2D eigenvalue weighted by Gasteiger charge is -2.31. The molecular formula is C15H21BrClNO2. The normalized spacial score (nSPS) is 19.2. The highest BCUT2D eigenvalue weighted by Gasteiger charge is 2.20. The predicted molar refractivity (Wildman–Crippen MR) is 85.2 cm³/mol. The molecule has 1 aromatic rings. The van der Waals surface area contributed by atoms with Crippen LogP contribution in [0.1, 0.15) is 30.9 Å². The topological polar surface area (TPSA) is 32.7 Å². The van der Waals surface area contributed by atoms with E-state index >= 15 is 0 Å². The summed E-state index contributed by atoms with van der Waals surface area (Å²) >= 11 is 9.54. The molecule has 0 amide bonds. The molecular weight excluding hydrogens is 342 g/mol. The Morgan fingerprint density at radius 2 is 2.15 bits per heavy atom. The highest BCUT2D eigenvalue weighted by Crippen LogP contribution is 2.28. The Labute approximate surface area is 134 Å². The fourth-order valence-corrected chi connectivity index (χ4v) is 3.40. The van der Waals surface area contributed by atoms with Crippen LogP contribution in [0.3, 0.4) is 0 Å². The summed E-state index contributed by atoms with van der Waals surface area (Å²) in [5, 5.41) is 10.9. The molecule has 0 aromatic heterocycles. The number of halogens is 2. The molecule has 112 valence electrons. The average molecular weight is 363 g/mol. The van der Waals surface area contributed by atoms with Crippen molar-refractivity contribution in [2.75, 3.05) is 26.7 Å². The molecule has 0 spiro atoms. The Morgan fingerprint density at radius 3 is 2.75 bits per heavy atom. The van der Waals surface area contributed by atoms with Gasteiger partial charge in [0.15, 0.2) is 0 Å². The molecule has 1 N–H and O–H groups in total. The van der Waals surface area contributed by atoms with E-state index in [1.54, 1.807) is 7.11 Å². The molecule has 1 fully saturated rings. The van der Waals surface area contributed by atoms with Crippen molar-refractivity contribution in [1.82, 2.24) is 4.90 Å². The second kappa shape index (κ2) is 7.76. The van der Waals surface area contributed by atoms with Gasteiger partial charge in [-0.2, -0.15) is 0 Å². The lowest BCUT2D eigenvalue weighted by Crippen LogP contribution is -2.37. The third-order valence-electron chi connectivity index (χ3n) is 3.91. The van der Waals surface area contributed by atoms with Gasteiger partial charge in [0, 0.05) is 36.2 Å². The van der Waals surface area contributed by atoms with Crippen LogP contribution < -0.4 is 0 Å². The molecule has 0 aliphatic carbocycles. The molecule has 1 unspecified atom stereocenters. The van der Waals surface area contributed by atoms with Gasteiger partial charge in [-0.3, -0.25) is 0 Å². The third kappa shape index (κ3) is 4.43. The number of piperidine rings is 1. The van der Waals surface area contributed by atoms with Crippen molar-refractivity contribution in [3.05, 3.63) is 33.3 Å². The Balaban J connectivity index is 1.82. The number of ether oxygens (including phenoxy) is 1. The van der Waals surface area contributed by atoms with Gasteiger partial charge >= 0.3 is 0 Å². The Bertz CT molecular complexity index is 436. The van der Waals surface area contributed by atoms with Crippen molar-refractivity contribution < 1.29 is 9.84 Å². The highest BCUT2D eigenvalue weighted by molar-refractivity contribution is 9.10. The van der Waals surface area contributed by atoms with Gasteiger partial charge in [-0.25, -0.2) is 0 Å². The first-order chi connectivity index (χ1) is 9.60.